The lowest BCUT2D eigenvalue weighted by atomic mass is 9.98. The summed E-state index contributed by atoms with van der Waals surface area (Å²) in [5.41, 5.74) is 2.69. The minimum Gasteiger partial charge on any atom is -0.384 e. The van der Waals surface area contributed by atoms with Crippen LogP contribution in [0.1, 0.15) is 31.2 Å². The average molecular weight is 275 g/mol. The second-order valence-corrected chi connectivity index (χ2v) is 6.07. The van der Waals surface area contributed by atoms with Crippen molar-refractivity contribution < 1.29 is 4.74 Å². The number of ether oxygens (including phenoxy) is 1. The third kappa shape index (κ3) is 3.49. The Bertz CT molecular complexity index is 431. The molecule has 0 radical (unpaired) electrons. The van der Waals surface area contributed by atoms with E-state index in [1.54, 1.807) is 7.11 Å². The van der Waals surface area contributed by atoms with Gasteiger partial charge in [0.1, 0.15) is 0 Å². The van der Waals surface area contributed by atoms with Gasteiger partial charge in [-0.05, 0) is 37.7 Å². The fourth-order valence-electron chi connectivity index (χ4n) is 3.06. The summed E-state index contributed by atoms with van der Waals surface area (Å²) in [7, 11) is 1.80. The lowest BCUT2D eigenvalue weighted by Crippen LogP contribution is -2.38. The van der Waals surface area contributed by atoms with E-state index >= 15 is 0 Å². The zero-order chi connectivity index (χ0) is 13.8. The van der Waals surface area contributed by atoms with Crippen LogP contribution in [0.4, 0.5) is 5.69 Å². The van der Waals surface area contributed by atoms with Crippen LogP contribution >= 0.6 is 0 Å². The predicted molar refractivity (Wildman–Crippen MR) is 80.9 cm³/mol. The molecule has 20 heavy (non-hydrogen) atoms. The van der Waals surface area contributed by atoms with Crippen LogP contribution in [0, 0.1) is 5.92 Å². The zero-order valence-corrected chi connectivity index (χ0v) is 12.3. The molecule has 1 aromatic heterocycles. The lowest BCUT2D eigenvalue weighted by Gasteiger charge is -2.35. The van der Waals surface area contributed by atoms with Crippen LogP contribution < -0.4 is 10.2 Å². The highest BCUT2D eigenvalue weighted by molar-refractivity contribution is 5.52. The third-order valence-corrected chi connectivity index (χ3v) is 4.30. The molecule has 1 unspecified atom stereocenters. The number of piperidine rings is 1. The molecule has 1 N–H and O–H groups in total. The quantitative estimate of drug-likeness (QED) is 0.863. The van der Waals surface area contributed by atoms with Crippen LogP contribution in [-0.4, -0.2) is 37.8 Å². The molecule has 1 aliphatic heterocycles. The maximum atomic E-state index is 5.33. The van der Waals surface area contributed by atoms with Crippen LogP contribution in [0.15, 0.2) is 18.5 Å². The van der Waals surface area contributed by atoms with Gasteiger partial charge in [-0.25, -0.2) is 0 Å². The van der Waals surface area contributed by atoms with Crippen molar-refractivity contribution in [1.29, 1.82) is 0 Å². The maximum Gasteiger partial charge on any atom is 0.0507 e. The van der Waals surface area contributed by atoms with Gasteiger partial charge in [-0.1, -0.05) is 0 Å². The molecule has 0 bridgehead atoms. The largest absolute Gasteiger partial charge is 0.384 e. The minimum absolute atomic E-state index is 0.658. The normalized spacial score (nSPS) is 23.1. The van der Waals surface area contributed by atoms with Crippen LogP contribution in [0.5, 0.6) is 0 Å². The Labute approximate surface area is 121 Å². The molecule has 2 aliphatic rings. The average Bonchev–Trinajstić information content (AvgIpc) is 3.30. The van der Waals surface area contributed by atoms with Gasteiger partial charge in [-0.15, -0.1) is 0 Å². The third-order valence-electron chi connectivity index (χ3n) is 4.30. The Kier molecular flexibility index (Phi) is 4.53. The highest BCUT2D eigenvalue weighted by atomic mass is 16.5. The van der Waals surface area contributed by atoms with Crippen molar-refractivity contribution in [1.82, 2.24) is 10.3 Å². The molecule has 1 aliphatic carbocycles. The van der Waals surface area contributed by atoms with Crippen LogP contribution in [-0.2, 0) is 11.3 Å². The summed E-state index contributed by atoms with van der Waals surface area (Å²) in [6, 6.07) is 2.91. The van der Waals surface area contributed by atoms with E-state index in [9.17, 15) is 0 Å². The van der Waals surface area contributed by atoms with Gasteiger partial charge < -0.3 is 15.0 Å². The Morgan fingerprint density at radius 3 is 3.10 bits per heavy atom. The molecule has 1 aromatic rings. The lowest BCUT2D eigenvalue weighted by molar-refractivity contribution is 0.143. The van der Waals surface area contributed by atoms with E-state index in [1.165, 1.54) is 36.9 Å². The summed E-state index contributed by atoms with van der Waals surface area (Å²) in [6.45, 7) is 4.07. The number of hydrogen-bond donors (Lipinski definition) is 1. The number of pyridine rings is 1. The summed E-state index contributed by atoms with van der Waals surface area (Å²) in [4.78, 5) is 6.82. The van der Waals surface area contributed by atoms with E-state index in [4.69, 9.17) is 4.74 Å². The summed E-state index contributed by atoms with van der Waals surface area (Å²) in [6.07, 6.45) is 9.13. The predicted octanol–water partition coefficient (Wildman–Crippen LogP) is 2.20. The second kappa shape index (κ2) is 6.55. The van der Waals surface area contributed by atoms with E-state index in [1.807, 2.05) is 12.4 Å². The first-order chi connectivity index (χ1) is 9.86. The van der Waals surface area contributed by atoms with Gasteiger partial charge in [0.25, 0.3) is 0 Å². The van der Waals surface area contributed by atoms with Gasteiger partial charge in [-0.2, -0.15) is 0 Å². The van der Waals surface area contributed by atoms with Crippen LogP contribution in [0.2, 0.25) is 0 Å². The summed E-state index contributed by atoms with van der Waals surface area (Å²) < 4.78 is 5.33. The van der Waals surface area contributed by atoms with Gasteiger partial charge in [0.2, 0.25) is 0 Å². The first-order valence-corrected chi connectivity index (χ1v) is 7.77. The van der Waals surface area contributed by atoms with E-state index in [0.29, 0.717) is 5.92 Å². The van der Waals surface area contributed by atoms with E-state index in [0.717, 1.165) is 32.3 Å². The van der Waals surface area contributed by atoms with Crippen molar-refractivity contribution in [3.63, 3.8) is 0 Å². The van der Waals surface area contributed by atoms with Crippen molar-refractivity contribution >= 4 is 5.69 Å². The van der Waals surface area contributed by atoms with Crippen LogP contribution in [0.3, 0.4) is 0 Å². The molecule has 2 fully saturated rings. The topological polar surface area (TPSA) is 37.4 Å². The fraction of sp³-hybridized carbons (Fsp3) is 0.688. The highest BCUT2D eigenvalue weighted by Crippen LogP contribution is 2.27. The number of aromatic nitrogens is 1. The summed E-state index contributed by atoms with van der Waals surface area (Å²) in [5.74, 6) is 0.658. The molecule has 0 aromatic carbocycles. The van der Waals surface area contributed by atoms with E-state index in [-0.39, 0.29) is 0 Å². The van der Waals surface area contributed by atoms with Gasteiger partial charge in [0, 0.05) is 56.4 Å². The number of nitrogens with one attached hydrogen (secondary N) is 1. The van der Waals surface area contributed by atoms with E-state index < -0.39 is 0 Å². The first-order valence-electron chi connectivity index (χ1n) is 7.77. The maximum absolute atomic E-state index is 5.33. The molecular weight excluding hydrogens is 250 g/mol. The molecule has 0 amide bonds. The zero-order valence-electron chi connectivity index (χ0n) is 12.3. The summed E-state index contributed by atoms with van der Waals surface area (Å²) in [5, 5.41) is 3.60. The molecule has 110 valence electrons. The van der Waals surface area contributed by atoms with Gasteiger partial charge in [-0.3, -0.25) is 4.98 Å². The molecule has 3 rings (SSSR count). The van der Waals surface area contributed by atoms with E-state index in [2.05, 4.69) is 21.3 Å². The number of rotatable bonds is 6. The molecule has 1 saturated heterocycles. The van der Waals surface area contributed by atoms with Crippen molar-refractivity contribution in [2.75, 3.05) is 31.7 Å². The molecule has 1 saturated carbocycles. The number of hydrogen-bond acceptors (Lipinski definition) is 4. The standard InChI is InChI=1S/C16H25N3O/c1-20-12-13-3-2-8-19(11-13)16-6-7-17-9-14(16)10-18-15-4-5-15/h6-7,9,13,15,18H,2-5,8,10-12H2,1H3. The van der Waals surface area contributed by atoms with Gasteiger partial charge in [0.05, 0.1) is 6.61 Å². The first kappa shape index (κ1) is 13.8. The van der Waals surface area contributed by atoms with Gasteiger partial charge >= 0.3 is 0 Å². The highest BCUT2D eigenvalue weighted by Gasteiger charge is 2.23. The van der Waals surface area contributed by atoms with Crippen molar-refractivity contribution in [3.05, 3.63) is 24.0 Å². The van der Waals surface area contributed by atoms with Gasteiger partial charge in [0.15, 0.2) is 0 Å². The Hall–Kier alpha value is -1.13. The number of methoxy groups -OCH3 is 1. The smallest absolute Gasteiger partial charge is 0.0507 e. The van der Waals surface area contributed by atoms with Crippen molar-refractivity contribution in [2.24, 2.45) is 5.92 Å². The molecule has 2 heterocycles. The Morgan fingerprint density at radius 2 is 2.30 bits per heavy atom. The number of nitrogens with zero attached hydrogens (tertiary/aromatic N) is 2. The van der Waals surface area contributed by atoms with Crippen LogP contribution in [0.25, 0.3) is 0 Å². The molecule has 0 spiro atoms. The fourth-order valence-corrected chi connectivity index (χ4v) is 3.06. The molecule has 4 heteroatoms. The molecular formula is C16H25N3O. The molecule has 4 nitrogen and oxygen atoms in total. The Morgan fingerprint density at radius 1 is 1.40 bits per heavy atom. The number of anilines is 1. The molecule has 1 atom stereocenters. The summed E-state index contributed by atoms with van der Waals surface area (Å²) >= 11 is 0. The second-order valence-electron chi connectivity index (χ2n) is 6.07. The SMILES string of the molecule is COCC1CCCN(c2ccncc2CNC2CC2)C1. The monoisotopic (exact) mass is 275 g/mol. The van der Waals surface area contributed by atoms with Crippen molar-refractivity contribution in [3.8, 4) is 0 Å². The van der Waals surface area contributed by atoms with Crippen molar-refractivity contribution in [2.45, 2.75) is 38.3 Å². The minimum atomic E-state index is 0.658. The Balaban J connectivity index is 1.67.